The molecule has 0 bridgehead atoms. The summed E-state index contributed by atoms with van der Waals surface area (Å²) in [6.45, 7) is 2.02. The molecule has 3 N–H and O–H groups in total. The van der Waals surface area contributed by atoms with Crippen LogP contribution in [0.25, 0.3) is 0 Å². The third kappa shape index (κ3) is 4.81. The van der Waals surface area contributed by atoms with Gasteiger partial charge in [-0.15, -0.1) is 0 Å². The molecule has 14 heavy (non-hydrogen) atoms. The number of carbonyl (C=O) groups is 2. The van der Waals surface area contributed by atoms with E-state index in [1.54, 1.807) is 14.1 Å². The van der Waals surface area contributed by atoms with Crippen molar-refractivity contribution in [2.24, 2.45) is 5.73 Å². The first-order valence-corrected chi connectivity index (χ1v) is 4.71. The van der Waals surface area contributed by atoms with Crippen LogP contribution in [0, 0.1) is 0 Å². The van der Waals surface area contributed by atoms with E-state index in [1.807, 2.05) is 6.92 Å². The number of likely N-dealkylation sites (N-methyl/N-ethyl adjacent to an activating group) is 2. The second-order valence-corrected chi connectivity index (χ2v) is 3.30. The highest BCUT2D eigenvalue weighted by Crippen LogP contribution is 1.97. The largest absolute Gasteiger partial charge is 0.358 e. The van der Waals surface area contributed by atoms with Gasteiger partial charge in [0.2, 0.25) is 11.8 Å². The summed E-state index contributed by atoms with van der Waals surface area (Å²) < 4.78 is 0. The summed E-state index contributed by atoms with van der Waals surface area (Å²) in [4.78, 5) is 23.8. The van der Waals surface area contributed by atoms with Crippen molar-refractivity contribution in [1.82, 2.24) is 10.2 Å². The quantitative estimate of drug-likeness (QED) is 0.618. The van der Waals surface area contributed by atoms with E-state index in [4.69, 9.17) is 5.73 Å². The second kappa shape index (κ2) is 6.37. The Morgan fingerprint density at radius 3 is 2.50 bits per heavy atom. The Bertz CT molecular complexity index is 206. The number of nitrogens with two attached hydrogens (primary N) is 1. The monoisotopic (exact) mass is 201 g/mol. The molecule has 0 aliphatic rings. The molecule has 0 saturated heterocycles. The summed E-state index contributed by atoms with van der Waals surface area (Å²) in [5.41, 5.74) is 5.63. The Labute approximate surface area is 84.6 Å². The minimum atomic E-state index is -0.175. The predicted molar refractivity (Wildman–Crippen MR) is 54.6 cm³/mol. The zero-order valence-corrected chi connectivity index (χ0v) is 9.04. The van der Waals surface area contributed by atoms with Gasteiger partial charge in [0, 0.05) is 26.6 Å². The molecule has 0 radical (unpaired) electrons. The number of hydrogen-bond acceptors (Lipinski definition) is 3. The van der Waals surface area contributed by atoms with E-state index in [0.717, 1.165) is 6.42 Å². The van der Waals surface area contributed by atoms with Gasteiger partial charge in [0.25, 0.3) is 0 Å². The molecule has 0 aliphatic carbocycles. The molecule has 5 nitrogen and oxygen atoms in total. The van der Waals surface area contributed by atoms with Crippen LogP contribution in [-0.2, 0) is 9.59 Å². The second-order valence-electron chi connectivity index (χ2n) is 3.30. The molecule has 1 unspecified atom stereocenters. The van der Waals surface area contributed by atoms with Crippen molar-refractivity contribution in [2.45, 2.75) is 25.8 Å². The first kappa shape index (κ1) is 12.9. The highest BCUT2D eigenvalue weighted by atomic mass is 16.2. The highest BCUT2D eigenvalue weighted by Gasteiger charge is 2.14. The smallest absolute Gasteiger partial charge is 0.239 e. The van der Waals surface area contributed by atoms with E-state index in [9.17, 15) is 9.59 Å². The molecule has 0 rings (SSSR count). The van der Waals surface area contributed by atoms with Gasteiger partial charge in [-0.25, -0.2) is 0 Å². The first-order valence-electron chi connectivity index (χ1n) is 4.71. The van der Waals surface area contributed by atoms with Crippen LogP contribution in [0.5, 0.6) is 0 Å². The maximum atomic E-state index is 11.4. The fraction of sp³-hybridized carbons (Fsp3) is 0.778. The fourth-order valence-corrected chi connectivity index (χ4v) is 0.907. The number of amides is 2. The van der Waals surface area contributed by atoms with E-state index in [0.29, 0.717) is 6.42 Å². The lowest BCUT2D eigenvalue weighted by molar-refractivity contribution is -0.134. The lowest BCUT2D eigenvalue weighted by Gasteiger charge is -2.17. The number of hydrogen-bond donors (Lipinski definition) is 2. The van der Waals surface area contributed by atoms with Crippen LogP contribution in [0.2, 0.25) is 0 Å². The summed E-state index contributed by atoms with van der Waals surface area (Å²) in [5.74, 6) is -0.270. The number of carbonyl (C=O) groups excluding carboxylic acids is 2. The van der Waals surface area contributed by atoms with E-state index in [1.165, 1.54) is 4.90 Å². The predicted octanol–water partition coefficient (Wildman–Crippen LogP) is -0.682. The lowest BCUT2D eigenvalue weighted by atomic mass is 10.1. The minimum Gasteiger partial charge on any atom is -0.358 e. The number of nitrogens with zero attached hydrogens (tertiary/aromatic N) is 1. The van der Waals surface area contributed by atoms with Crippen LogP contribution in [0.15, 0.2) is 0 Å². The molecular weight excluding hydrogens is 182 g/mol. The average molecular weight is 201 g/mol. The zero-order chi connectivity index (χ0) is 11.1. The molecule has 0 heterocycles. The summed E-state index contributed by atoms with van der Waals surface area (Å²) in [5, 5.41) is 2.45. The first-order chi connectivity index (χ1) is 6.51. The molecule has 0 aromatic heterocycles. The SMILES string of the molecule is CCC(N)CC(=O)N(C)CC(=O)NC. The van der Waals surface area contributed by atoms with Crippen molar-refractivity contribution in [2.75, 3.05) is 20.6 Å². The van der Waals surface area contributed by atoms with Gasteiger partial charge in [0.05, 0.1) is 6.54 Å². The van der Waals surface area contributed by atoms with Gasteiger partial charge in [0.1, 0.15) is 0 Å². The van der Waals surface area contributed by atoms with Gasteiger partial charge < -0.3 is 16.0 Å². The molecule has 5 heteroatoms. The Morgan fingerprint density at radius 2 is 2.07 bits per heavy atom. The molecule has 0 fully saturated rings. The molecule has 0 aromatic rings. The molecule has 0 spiro atoms. The van der Waals surface area contributed by atoms with E-state index >= 15 is 0 Å². The van der Waals surface area contributed by atoms with Crippen molar-refractivity contribution >= 4 is 11.8 Å². The van der Waals surface area contributed by atoms with Crippen molar-refractivity contribution in [1.29, 1.82) is 0 Å². The summed E-state index contributed by atoms with van der Waals surface area (Å²) in [7, 11) is 3.14. The Hall–Kier alpha value is -1.10. The third-order valence-corrected chi connectivity index (χ3v) is 2.05. The van der Waals surface area contributed by atoms with Crippen LogP contribution in [-0.4, -0.2) is 43.4 Å². The molecule has 0 aliphatic heterocycles. The molecule has 2 amide bonds. The Balaban J connectivity index is 3.93. The normalized spacial score (nSPS) is 12.0. The van der Waals surface area contributed by atoms with Crippen LogP contribution < -0.4 is 11.1 Å². The van der Waals surface area contributed by atoms with Crippen LogP contribution >= 0.6 is 0 Å². The third-order valence-electron chi connectivity index (χ3n) is 2.05. The van der Waals surface area contributed by atoms with E-state index in [2.05, 4.69) is 5.32 Å². The molecular formula is C9H19N3O2. The van der Waals surface area contributed by atoms with Gasteiger partial charge in [-0.2, -0.15) is 0 Å². The maximum Gasteiger partial charge on any atom is 0.239 e. The van der Waals surface area contributed by atoms with Crippen LogP contribution in [0.3, 0.4) is 0 Å². The van der Waals surface area contributed by atoms with E-state index in [-0.39, 0.29) is 24.4 Å². The van der Waals surface area contributed by atoms with Crippen molar-refractivity contribution in [3.8, 4) is 0 Å². The maximum absolute atomic E-state index is 11.4. The van der Waals surface area contributed by atoms with Crippen molar-refractivity contribution in [3.63, 3.8) is 0 Å². The summed E-state index contributed by atoms with van der Waals surface area (Å²) in [6, 6.07) is -0.116. The minimum absolute atomic E-state index is 0.0891. The van der Waals surface area contributed by atoms with Crippen LogP contribution in [0.4, 0.5) is 0 Å². The molecule has 0 aromatic carbocycles. The average Bonchev–Trinajstić information content (AvgIpc) is 2.17. The standard InChI is InChI=1S/C9H19N3O2/c1-4-7(10)5-9(14)12(3)6-8(13)11-2/h7H,4-6,10H2,1-3H3,(H,11,13). The Morgan fingerprint density at radius 1 is 1.50 bits per heavy atom. The van der Waals surface area contributed by atoms with Gasteiger partial charge in [-0.3, -0.25) is 9.59 Å². The summed E-state index contributed by atoms with van der Waals surface area (Å²) >= 11 is 0. The lowest BCUT2D eigenvalue weighted by Crippen LogP contribution is -2.39. The van der Waals surface area contributed by atoms with Gasteiger partial charge in [-0.1, -0.05) is 6.92 Å². The Kier molecular flexibility index (Phi) is 5.87. The molecule has 82 valence electrons. The summed E-state index contributed by atoms with van der Waals surface area (Å²) in [6.07, 6.45) is 1.06. The molecule has 0 saturated carbocycles. The number of nitrogens with one attached hydrogen (secondary N) is 1. The fourth-order valence-electron chi connectivity index (χ4n) is 0.907. The zero-order valence-electron chi connectivity index (χ0n) is 9.04. The topological polar surface area (TPSA) is 75.4 Å². The van der Waals surface area contributed by atoms with Crippen molar-refractivity contribution in [3.05, 3.63) is 0 Å². The van der Waals surface area contributed by atoms with Gasteiger partial charge >= 0.3 is 0 Å². The van der Waals surface area contributed by atoms with Crippen molar-refractivity contribution < 1.29 is 9.59 Å². The van der Waals surface area contributed by atoms with Crippen LogP contribution in [0.1, 0.15) is 19.8 Å². The number of rotatable bonds is 5. The highest BCUT2D eigenvalue weighted by molar-refractivity contribution is 5.84. The van der Waals surface area contributed by atoms with Gasteiger partial charge in [-0.05, 0) is 6.42 Å². The molecule has 1 atom stereocenters. The van der Waals surface area contributed by atoms with E-state index < -0.39 is 0 Å². The van der Waals surface area contributed by atoms with Gasteiger partial charge in [0.15, 0.2) is 0 Å².